The van der Waals surface area contributed by atoms with Crippen molar-refractivity contribution in [2.75, 3.05) is 0 Å². The molecule has 0 unspecified atom stereocenters. The molecule has 24 heavy (non-hydrogen) atoms. The normalized spacial score (nSPS) is 16.8. The fraction of sp³-hybridized carbons (Fsp3) is 0.364. The minimum Gasteiger partial charge on any atom is -0.508 e. The first kappa shape index (κ1) is 16.8. The number of aryl methyl sites for hydroxylation is 2. The molecule has 1 saturated carbocycles. The van der Waals surface area contributed by atoms with Gasteiger partial charge in [0.25, 0.3) is 0 Å². The van der Waals surface area contributed by atoms with E-state index in [0.29, 0.717) is 5.75 Å². The Balaban J connectivity index is 1.74. The van der Waals surface area contributed by atoms with Gasteiger partial charge in [-0.3, -0.25) is 0 Å². The fourth-order valence-electron chi connectivity index (χ4n) is 3.50. The molecule has 0 amide bonds. The van der Waals surface area contributed by atoms with Crippen LogP contribution in [0.15, 0.2) is 42.5 Å². The smallest absolute Gasteiger partial charge is 0.118 e. The second-order valence-corrected chi connectivity index (χ2v) is 7.13. The number of aromatic hydroxyl groups is 1. The van der Waals surface area contributed by atoms with E-state index in [1.807, 2.05) is 25.1 Å². The zero-order chi connectivity index (χ0) is 17.2. The van der Waals surface area contributed by atoms with Gasteiger partial charge in [-0.2, -0.15) is 0 Å². The topological polar surface area (TPSA) is 40.5 Å². The molecule has 2 heteroatoms. The Bertz CT molecular complexity index is 753. The van der Waals surface area contributed by atoms with Crippen LogP contribution in [0.1, 0.15) is 53.5 Å². The molecular formula is C22H26O2. The van der Waals surface area contributed by atoms with Crippen molar-refractivity contribution in [3.8, 4) is 5.75 Å². The summed E-state index contributed by atoms with van der Waals surface area (Å²) in [6.45, 7) is 4.04. The number of phenols is 1. The summed E-state index contributed by atoms with van der Waals surface area (Å²) in [4.78, 5) is 0. The summed E-state index contributed by atoms with van der Waals surface area (Å²) in [6.07, 6.45) is 8.88. The van der Waals surface area contributed by atoms with Crippen LogP contribution < -0.4 is 0 Å². The lowest BCUT2D eigenvalue weighted by molar-refractivity contribution is 0.100. The van der Waals surface area contributed by atoms with E-state index in [4.69, 9.17) is 0 Å². The number of hydrogen-bond acceptors (Lipinski definition) is 2. The van der Waals surface area contributed by atoms with Gasteiger partial charge in [0.15, 0.2) is 0 Å². The van der Waals surface area contributed by atoms with Crippen LogP contribution in [0, 0.1) is 13.8 Å². The lowest BCUT2D eigenvalue weighted by Gasteiger charge is -2.16. The van der Waals surface area contributed by atoms with Gasteiger partial charge in [-0.25, -0.2) is 0 Å². The quantitative estimate of drug-likeness (QED) is 0.839. The molecule has 0 atom stereocenters. The van der Waals surface area contributed by atoms with Gasteiger partial charge in [-0.1, -0.05) is 55.3 Å². The van der Waals surface area contributed by atoms with Gasteiger partial charge in [0, 0.05) is 0 Å². The van der Waals surface area contributed by atoms with Crippen LogP contribution in [-0.4, -0.2) is 15.8 Å². The molecule has 1 fully saturated rings. The Morgan fingerprint density at radius 1 is 0.958 bits per heavy atom. The maximum atomic E-state index is 10.4. The highest BCUT2D eigenvalue weighted by Gasteiger charge is 2.27. The first-order chi connectivity index (χ1) is 11.5. The van der Waals surface area contributed by atoms with Crippen LogP contribution >= 0.6 is 0 Å². The van der Waals surface area contributed by atoms with E-state index in [0.717, 1.165) is 37.7 Å². The molecule has 0 radical (unpaired) electrons. The SMILES string of the molecule is Cc1cc(Cc2ccc(/C=C/C3(O)CCCC3)c(C)c2)ccc1O. The highest BCUT2D eigenvalue weighted by Crippen LogP contribution is 2.31. The van der Waals surface area contributed by atoms with Gasteiger partial charge in [0.1, 0.15) is 5.75 Å². The third-order valence-corrected chi connectivity index (χ3v) is 5.05. The molecule has 3 rings (SSSR count). The predicted octanol–water partition coefficient (Wildman–Crippen LogP) is 4.92. The summed E-state index contributed by atoms with van der Waals surface area (Å²) in [5.41, 5.74) is 5.16. The van der Waals surface area contributed by atoms with Crippen LogP contribution in [0.25, 0.3) is 6.08 Å². The highest BCUT2D eigenvalue weighted by molar-refractivity contribution is 5.56. The van der Waals surface area contributed by atoms with E-state index in [1.165, 1.54) is 22.3 Å². The van der Waals surface area contributed by atoms with Gasteiger partial charge in [-0.05, 0) is 67.0 Å². The summed E-state index contributed by atoms with van der Waals surface area (Å²) < 4.78 is 0. The highest BCUT2D eigenvalue weighted by atomic mass is 16.3. The molecule has 2 N–H and O–H groups in total. The number of hydrogen-bond donors (Lipinski definition) is 2. The third kappa shape index (κ3) is 3.88. The number of phenolic OH excluding ortho intramolecular Hbond substituents is 1. The van der Waals surface area contributed by atoms with Gasteiger partial charge in [-0.15, -0.1) is 0 Å². The number of rotatable bonds is 4. The molecule has 2 aromatic rings. The van der Waals surface area contributed by atoms with Crippen molar-refractivity contribution in [2.24, 2.45) is 0 Å². The van der Waals surface area contributed by atoms with Crippen molar-refractivity contribution < 1.29 is 10.2 Å². The molecule has 1 aliphatic carbocycles. The minimum absolute atomic E-state index is 0.347. The van der Waals surface area contributed by atoms with E-state index in [-0.39, 0.29) is 0 Å². The second-order valence-electron chi connectivity index (χ2n) is 7.13. The minimum atomic E-state index is -0.603. The lowest BCUT2D eigenvalue weighted by atomic mass is 9.96. The second kappa shape index (κ2) is 6.82. The molecule has 0 aliphatic heterocycles. The standard InChI is InChI=1S/C22H26O2/c1-16-13-18(15-19-6-8-21(23)17(2)14-19)5-7-20(16)9-12-22(24)10-3-4-11-22/h5-9,12-14,23-24H,3-4,10-11,15H2,1-2H3/b12-9+. The van der Waals surface area contributed by atoms with Gasteiger partial charge >= 0.3 is 0 Å². The summed E-state index contributed by atoms with van der Waals surface area (Å²) in [5, 5.41) is 20.1. The molecule has 2 nitrogen and oxygen atoms in total. The van der Waals surface area contributed by atoms with Crippen molar-refractivity contribution in [2.45, 2.75) is 51.6 Å². The summed E-state index contributed by atoms with van der Waals surface area (Å²) in [5.74, 6) is 0.347. The Kier molecular flexibility index (Phi) is 4.77. The zero-order valence-electron chi connectivity index (χ0n) is 14.5. The largest absolute Gasteiger partial charge is 0.508 e. The third-order valence-electron chi connectivity index (χ3n) is 5.05. The van der Waals surface area contributed by atoms with Gasteiger partial charge in [0.05, 0.1) is 5.60 Å². The van der Waals surface area contributed by atoms with Crippen molar-refractivity contribution in [3.63, 3.8) is 0 Å². The summed E-state index contributed by atoms with van der Waals surface area (Å²) in [6, 6.07) is 12.3. The van der Waals surface area contributed by atoms with Crippen molar-refractivity contribution in [1.82, 2.24) is 0 Å². The van der Waals surface area contributed by atoms with Crippen LogP contribution in [-0.2, 0) is 6.42 Å². The maximum absolute atomic E-state index is 10.4. The zero-order valence-corrected chi connectivity index (χ0v) is 14.5. The van der Waals surface area contributed by atoms with E-state index in [2.05, 4.69) is 31.2 Å². The molecule has 1 aliphatic rings. The molecule has 126 valence electrons. The predicted molar refractivity (Wildman–Crippen MR) is 99.3 cm³/mol. The van der Waals surface area contributed by atoms with Gasteiger partial charge < -0.3 is 10.2 Å². The Morgan fingerprint density at radius 2 is 1.58 bits per heavy atom. The Hall–Kier alpha value is -2.06. The van der Waals surface area contributed by atoms with Crippen molar-refractivity contribution >= 4 is 6.08 Å². The van der Waals surface area contributed by atoms with Crippen LogP contribution in [0.4, 0.5) is 0 Å². The van der Waals surface area contributed by atoms with Crippen LogP contribution in [0.2, 0.25) is 0 Å². The van der Waals surface area contributed by atoms with E-state index in [9.17, 15) is 10.2 Å². The Morgan fingerprint density at radius 3 is 2.21 bits per heavy atom. The van der Waals surface area contributed by atoms with E-state index in [1.54, 1.807) is 6.07 Å². The average molecular weight is 322 g/mol. The molecule has 0 aromatic heterocycles. The molecule has 2 aromatic carbocycles. The molecule has 0 saturated heterocycles. The fourth-order valence-corrected chi connectivity index (χ4v) is 3.50. The first-order valence-corrected chi connectivity index (χ1v) is 8.75. The molecule has 0 bridgehead atoms. The summed E-state index contributed by atoms with van der Waals surface area (Å²) in [7, 11) is 0. The molecule has 0 heterocycles. The number of benzene rings is 2. The monoisotopic (exact) mass is 322 g/mol. The van der Waals surface area contributed by atoms with E-state index < -0.39 is 5.60 Å². The first-order valence-electron chi connectivity index (χ1n) is 8.75. The van der Waals surface area contributed by atoms with Crippen molar-refractivity contribution in [3.05, 3.63) is 70.3 Å². The Labute approximate surface area is 144 Å². The molecular weight excluding hydrogens is 296 g/mol. The molecule has 0 spiro atoms. The van der Waals surface area contributed by atoms with Crippen molar-refractivity contribution in [1.29, 1.82) is 0 Å². The van der Waals surface area contributed by atoms with E-state index >= 15 is 0 Å². The van der Waals surface area contributed by atoms with Gasteiger partial charge in [0.2, 0.25) is 0 Å². The van der Waals surface area contributed by atoms with Crippen LogP contribution in [0.5, 0.6) is 5.75 Å². The lowest BCUT2D eigenvalue weighted by Crippen LogP contribution is -2.19. The maximum Gasteiger partial charge on any atom is 0.118 e. The summed E-state index contributed by atoms with van der Waals surface area (Å²) >= 11 is 0. The average Bonchev–Trinajstić information content (AvgIpc) is 2.97. The van der Waals surface area contributed by atoms with Crippen LogP contribution in [0.3, 0.4) is 0 Å². The number of aliphatic hydroxyl groups is 1.